The van der Waals surface area contributed by atoms with E-state index >= 15 is 0 Å². The van der Waals surface area contributed by atoms with E-state index in [4.69, 9.17) is 5.73 Å². The summed E-state index contributed by atoms with van der Waals surface area (Å²) in [6, 6.07) is 2.12. The lowest BCUT2D eigenvalue weighted by atomic mass is 9.94. The third-order valence-corrected chi connectivity index (χ3v) is 3.02. The van der Waals surface area contributed by atoms with Crippen LogP contribution in [0.25, 0.3) is 0 Å². The van der Waals surface area contributed by atoms with Crippen LogP contribution in [0.4, 0.5) is 0 Å². The summed E-state index contributed by atoms with van der Waals surface area (Å²) in [4.78, 5) is 12.0. The van der Waals surface area contributed by atoms with Crippen LogP contribution in [0.5, 0.6) is 0 Å². The molecule has 1 amide bonds. The van der Waals surface area contributed by atoms with Crippen molar-refractivity contribution in [3.63, 3.8) is 0 Å². The Hall–Kier alpha value is -1.35. The summed E-state index contributed by atoms with van der Waals surface area (Å²) >= 11 is 0. The first-order valence-electron chi connectivity index (χ1n) is 5.54. The van der Waals surface area contributed by atoms with Gasteiger partial charge in [-0.2, -0.15) is 0 Å². The number of carbonyl (C=O) groups excluding carboxylic acids is 1. The standard InChI is InChI=1S/C13H20N2O/c1-8-7-9(2)11(4)12(10(8)3)13(16)15-6-5-14/h7H,5-6,14H2,1-4H3,(H,15,16). The summed E-state index contributed by atoms with van der Waals surface area (Å²) in [5.41, 5.74) is 10.6. The zero-order valence-corrected chi connectivity index (χ0v) is 10.5. The summed E-state index contributed by atoms with van der Waals surface area (Å²) in [6.07, 6.45) is 0. The van der Waals surface area contributed by atoms with Crippen molar-refractivity contribution < 1.29 is 4.79 Å². The Morgan fingerprint density at radius 3 is 2.12 bits per heavy atom. The van der Waals surface area contributed by atoms with Crippen molar-refractivity contribution in [1.82, 2.24) is 5.32 Å². The second kappa shape index (κ2) is 5.12. The fourth-order valence-electron chi connectivity index (χ4n) is 1.83. The van der Waals surface area contributed by atoms with Crippen molar-refractivity contribution in [3.8, 4) is 0 Å². The molecule has 1 aromatic carbocycles. The topological polar surface area (TPSA) is 55.1 Å². The number of hydrogen-bond acceptors (Lipinski definition) is 2. The molecular formula is C13H20N2O. The largest absolute Gasteiger partial charge is 0.351 e. The van der Waals surface area contributed by atoms with Crippen LogP contribution in [0.2, 0.25) is 0 Å². The van der Waals surface area contributed by atoms with E-state index in [1.54, 1.807) is 0 Å². The molecule has 0 atom stereocenters. The first-order chi connectivity index (χ1) is 7.49. The zero-order chi connectivity index (χ0) is 12.3. The molecule has 88 valence electrons. The van der Waals surface area contributed by atoms with Gasteiger partial charge in [0, 0.05) is 18.7 Å². The fraction of sp³-hybridized carbons (Fsp3) is 0.462. The van der Waals surface area contributed by atoms with Gasteiger partial charge in [0.2, 0.25) is 0 Å². The van der Waals surface area contributed by atoms with Crippen molar-refractivity contribution in [3.05, 3.63) is 33.9 Å². The number of benzene rings is 1. The minimum Gasteiger partial charge on any atom is -0.351 e. The molecule has 0 spiro atoms. The van der Waals surface area contributed by atoms with Crippen molar-refractivity contribution in [2.75, 3.05) is 13.1 Å². The Bertz CT molecular complexity index is 385. The third-order valence-electron chi connectivity index (χ3n) is 3.02. The van der Waals surface area contributed by atoms with Crippen LogP contribution in [0.1, 0.15) is 32.6 Å². The highest BCUT2D eigenvalue weighted by Crippen LogP contribution is 2.21. The van der Waals surface area contributed by atoms with E-state index in [0.29, 0.717) is 13.1 Å². The molecule has 0 aliphatic rings. The molecule has 1 rings (SSSR count). The Morgan fingerprint density at radius 2 is 1.69 bits per heavy atom. The van der Waals surface area contributed by atoms with E-state index in [0.717, 1.165) is 27.8 Å². The minimum absolute atomic E-state index is 0.0211. The zero-order valence-electron chi connectivity index (χ0n) is 10.5. The Balaban J connectivity index is 3.16. The SMILES string of the molecule is Cc1cc(C)c(C)c(C(=O)NCCN)c1C. The quantitative estimate of drug-likeness (QED) is 0.813. The van der Waals surface area contributed by atoms with Gasteiger partial charge in [-0.3, -0.25) is 4.79 Å². The molecule has 0 fully saturated rings. The van der Waals surface area contributed by atoms with E-state index in [9.17, 15) is 4.79 Å². The molecule has 3 heteroatoms. The average molecular weight is 220 g/mol. The lowest BCUT2D eigenvalue weighted by Crippen LogP contribution is -2.30. The lowest BCUT2D eigenvalue weighted by Gasteiger charge is -2.14. The number of carbonyl (C=O) groups is 1. The second-order valence-electron chi connectivity index (χ2n) is 4.18. The molecule has 0 saturated carbocycles. The predicted molar refractivity (Wildman–Crippen MR) is 66.8 cm³/mol. The van der Waals surface area contributed by atoms with Gasteiger partial charge >= 0.3 is 0 Å². The lowest BCUT2D eigenvalue weighted by molar-refractivity contribution is 0.0953. The van der Waals surface area contributed by atoms with E-state index in [2.05, 4.69) is 11.4 Å². The molecule has 16 heavy (non-hydrogen) atoms. The Morgan fingerprint density at radius 1 is 1.19 bits per heavy atom. The van der Waals surface area contributed by atoms with Crippen LogP contribution in [-0.4, -0.2) is 19.0 Å². The minimum atomic E-state index is -0.0211. The molecule has 0 aliphatic heterocycles. The highest BCUT2D eigenvalue weighted by atomic mass is 16.1. The van der Waals surface area contributed by atoms with E-state index in [1.165, 1.54) is 0 Å². The summed E-state index contributed by atoms with van der Waals surface area (Å²) in [5, 5.41) is 2.82. The van der Waals surface area contributed by atoms with E-state index in [-0.39, 0.29) is 5.91 Å². The van der Waals surface area contributed by atoms with Gasteiger partial charge in [0.25, 0.3) is 5.91 Å². The van der Waals surface area contributed by atoms with Crippen molar-refractivity contribution in [2.45, 2.75) is 27.7 Å². The highest BCUT2D eigenvalue weighted by Gasteiger charge is 2.14. The van der Waals surface area contributed by atoms with Crippen LogP contribution >= 0.6 is 0 Å². The Labute approximate surface area is 97.0 Å². The molecule has 0 heterocycles. The third kappa shape index (κ3) is 2.42. The number of hydrogen-bond donors (Lipinski definition) is 2. The first-order valence-corrected chi connectivity index (χ1v) is 5.54. The summed E-state index contributed by atoms with van der Waals surface area (Å²) < 4.78 is 0. The monoisotopic (exact) mass is 220 g/mol. The molecule has 0 saturated heterocycles. The van der Waals surface area contributed by atoms with Crippen LogP contribution < -0.4 is 11.1 Å². The maximum absolute atomic E-state index is 12.0. The number of rotatable bonds is 3. The van der Waals surface area contributed by atoms with Crippen LogP contribution in [0.3, 0.4) is 0 Å². The smallest absolute Gasteiger partial charge is 0.251 e. The molecule has 0 unspecified atom stereocenters. The van der Waals surface area contributed by atoms with Crippen molar-refractivity contribution >= 4 is 5.91 Å². The first kappa shape index (κ1) is 12.7. The predicted octanol–water partition coefficient (Wildman–Crippen LogP) is 1.61. The summed E-state index contributed by atoms with van der Waals surface area (Å²) in [6.45, 7) is 9.01. The molecular weight excluding hydrogens is 200 g/mol. The maximum Gasteiger partial charge on any atom is 0.251 e. The Kier molecular flexibility index (Phi) is 4.07. The van der Waals surface area contributed by atoms with Gasteiger partial charge in [0.15, 0.2) is 0 Å². The van der Waals surface area contributed by atoms with Crippen molar-refractivity contribution in [1.29, 1.82) is 0 Å². The van der Waals surface area contributed by atoms with Gasteiger partial charge in [-0.05, 0) is 49.9 Å². The van der Waals surface area contributed by atoms with Gasteiger partial charge in [-0.1, -0.05) is 6.07 Å². The van der Waals surface area contributed by atoms with Gasteiger partial charge < -0.3 is 11.1 Å². The molecule has 3 N–H and O–H groups in total. The summed E-state index contributed by atoms with van der Waals surface area (Å²) in [5.74, 6) is -0.0211. The molecule has 0 aromatic heterocycles. The summed E-state index contributed by atoms with van der Waals surface area (Å²) in [7, 11) is 0. The second-order valence-corrected chi connectivity index (χ2v) is 4.18. The highest BCUT2D eigenvalue weighted by molar-refractivity contribution is 5.97. The normalized spacial score (nSPS) is 10.3. The molecule has 0 aliphatic carbocycles. The van der Waals surface area contributed by atoms with Crippen LogP contribution in [-0.2, 0) is 0 Å². The van der Waals surface area contributed by atoms with Gasteiger partial charge in [0.1, 0.15) is 0 Å². The number of nitrogens with one attached hydrogen (secondary N) is 1. The van der Waals surface area contributed by atoms with E-state index < -0.39 is 0 Å². The average Bonchev–Trinajstić information content (AvgIpc) is 2.24. The molecule has 1 aromatic rings. The van der Waals surface area contributed by atoms with E-state index in [1.807, 2.05) is 27.7 Å². The number of aryl methyl sites for hydroxylation is 2. The maximum atomic E-state index is 12.0. The van der Waals surface area contributed by atoms with Gasteiger partial charge in [-0.25, -0.2) is 0 Å². The van der Waals surface area contributed by atoms with Crippen molar-refractivity contribution in [2.24, 2.45) is 5.73 Å². The molecule has 0 bridgehead atoms. The number of amides is 1. The molecule has 3 nitrogen and oxygen atoms in total. The van der Waals surface area contributed by atoms with Crippen LogP contribution in [0.15, 0.2) is 6.07 Å². The molecule has 0 radical (unpaired) electrons. The number of nitrogens with two attached hydrogens (primary N) is 1. The van der Waals surface area contributed by atoms with Gasteiger partial charge in [-0.15, -0.1) is 0 Å². The van der Waals surface area contributed by atoms with Gasteiger partial charge in [0.05, 0.1) is 0 Å². The fourth-order valence-corrected chi connectivity index (χ4v) is 1.83. The van der Waals surface area contributed by atoms with Crippen LogP contribution in [0, 0.1) is 27.7 Å².